The molecule has 1 aliphatic heterocycles. The van der Waals surface area contributed by atoms with Crippen LogP contribution in [0.5, 0.6) is 0 Å². The van der Waals surface area contributed by atoms with Crippen molar-refractivity contribution < 1.29 is 9.18 Å². The van der Waals surface area contributed by atoms with E-state index < -0.39 is 5.54 Å². The van der Waals surface area contributed by atoms with Crippen molar-refractivity contribution in [1.82, 2.24) is 4.90 Å². The van der Waals surface area contributed by atoms with E-state index in [2.05, 4.69) is 4.90 Å². The Labute approximate surface area is 136 Å². The second-order valence-electron chi connectivity index (χ2n) is 7.13. The zero-order chi connectivity index (χ0) is 15.9. The predicted molar refractivity (Wildman–Crippen MR) is 86.4 cm³/mol. The zero-order valence-electron chi connectivity index (χ0n) is 13.2. The Hall–Kier alpha value is -0.930. The first-order valence-corrected chi connectivity index (χ1v) is 8.54. The van der Waals surface area contributed by atoms with Crippen molar-refractivity contribution in [3.8, 4) is 0 Å². The van der Waals surface area contributed by atoms with E-state index >= 15 is 0 Å². The Kier molecular flexibility index (Phi) is 4.30. The van der Waals surface area contributed by atoms with E-state index in [4.69, 9.17) is 11.6 Å². The molecule has 0 radical (unpaired) electrons. The highest BCUT2D eigenvalue weighted by Crippen LogP contribution is 2.43. The lowest BCUT2D eigenvalue weighted by Gasteiger charge is -2.56. The molecule has 1 saturated carbocycles. The molecule has 0 amide bonds. The van der Waals surface area contributed by atoms with Gasteiger partial charge in [-0.05, 0) is 50.3 Å². The van der Waals surface area contributed by atoms with Gasteiger partial charge in [0, 0.05) is 11.6 Å². The predicted octanol–water partition coefficient (Wildman–Crippen LogP) is 4.59. The molecule has 1 heterocycles. The van der Waals surface area contributed by atoms with Crippen molar-refractivity contribution in [2.75, 3.05) is 0 Å². The summed E-state index contributed by atoms with van der Waals surface area (Å²) >= 11 is 6.17. The molecule has 2 fully saturated rings. The molecular formula is C18H23ClFNO. The molecule has 1 aromatic rings. The first-order chi connectivity index (χ1) is 10.4. The highest BCUT2D eigenvalue weighted by atomic mass is 35.5. The van der Waals surface area contributed by atoms with E-state index in [9.17, 15) is 9.18 Å². The minimum atomic E-state index is -0.445. The van der Waals surface area contributed by atoms with E-state index in [1.165, 1.54) is 31.4 Å². The molecule has 22 heavy (non-hydrogen) atoms. The van der Waals surface area contributed by atoms with Gasteiger partial charge in [0.05, 0.1) is 11.6 Å². The molecule has 3 rings (SSSR count). The number of rotatable bonds is 3. The summed E-state index contributed by atoms with van der Waals surface area (Å²) in [7, 11) is 0. The van der Waals surface area contributed by atoms with Crippen molar-refractivity contribution in [3.05, 3.63) is 34.6 Å². The average Bonchev–Trinajstić information content (AvgIpc) is 2.49. The smallest absolute Gasteiger partial charge is 0.169 e. The molecular weight excluding hydrogens is 301 g/mol. The summed E-state index contributed by atoms with van der Waals surface area (Å²) in [6.45, 7) is 4.57. The van der Waals surface area contributed by atoms with E-state index in [0.717, 1.165) is 18.4 Å². The molecule has 1 saturated heterocycles. The zero-order valence-corrected chi connectivity index (χ0v) is 14.0. The summed E-state index contributed by atoms with van der Waals surface area (Å²) in [5, 5.41) is 0.442. The van der Waals surface area contributed by atoms with Crippen LogP contribution < -0.4 is 0 Å². The molecule has 1 aliphatic carbocycles. The van der Waals surface area contributed by atoms with Gasteiger partial charge < -0.3 is 0 Å². The van der Waals surface area contributed by atoms with Gasteiger partial charge in [-0.25, -0.2) is 4.39 Å². The molecule has 120 valence electrons. The third kappa shape index (κ3) is 2.69. The van der Waals surface area contributed by atoms with Gasteiger partial charge in [0.1, 0.15) is 5.82 Å². The number of ketones is 1. The maximum absolute atomic E-state index is 13.2. The second kappa shape index (κ2) is 5.93. The number of benzene rings is 1. The monoisotopic (exact) mass is 323 g/mol. The fourth-order valence-corrected chi connectivity index (χ4v) is 4.20. The standard InChI is InChI=1S/C18H23ClFNO/c1-18(2)17(22)16(12-6-4-3-5-7-12)21(18)11-13-8-9-14(20)10-15(13)19/h8-10,12,16H,3-7,11H2,1-2H3. The number of carbonyl (C=O) groups excluding carboxylic acids is 1. The highest BCUT2D eigenvalue weighted by Gasteiger charge is 2.56. The maximum atomic E-state index is 13.2. The van der Waals surface area contributed by atoms with Crippen LogP contribution in [0.4, 0.5) is 4.39 Å². The number of halogens is 2. The Balaban J connectivity index is 1.81. The number of likely N-dealkylation sites (tertiary alicyclic amines) is 1. The van der Waals surface area contributed by atoms with Crippen LogP contribution in [-0.4, -0.2) is 22.3 Å². The molecule has 0 spiro atoms. The first kappa shape index (κ1) is 15.9. The fourth-order valence-electron chi connectivity index (χ4n) is 3.97. The van der Waals surface area contributed by atoms with Crippen molar-refractivity contribution in [2.45, 2.75) is 64.1 Å². The molecule has 1 atom stereocenters. The van der Waals surface area contributed by atoms with Gasteiger partial charge in [-0.15, -0.1) is 0 Å². The molecule has 2 nitrogen and oxygen atoms in total. The number of carbonyl (C=O) groups is 1. The fraction of sp³-hybridized carbons (Fsp3) is 0.611. The van der Waals surface area contributed by atoms with E-state index in [1.807, 2.05) is 13.8 Å². The lowest BCUT2D eigenvalue weighted by molar-refractivity contribution is -0.163. The van der Waals surface area contributed by atoms with Gasteiger partial charge in [-0.3, -0.25) is 9.69 Å². The summed E-state index contributed by atoms with van der Waals surface area (Å²) in [5.74, 6) is 0.489. The van der Waals surface area contributed by atoms with Gasteiger partial charge >= 0.3 is 0 Å². The van der Waals surface area contributed by atoms with Crippen LogP contribution in [0.2, 0.25) is 5.02 Å². The van der Waals surface area contributed by atoms with Crippen molar-refractivity contribution in [1.29, 1.82) is 0 Å². The Bertz CT molecular complexity index is 580. The molecule has 4 heteroatoms. The van der Waals surface area contributed by atoms with Crippen LogP contribution in [0.1, 0.15) is 51.5 Å². The van der Waals surface area contributed by atoms with Crippen LogP contribution in [0, 0.1) is 11.7 Å². The second-order valence-corrected chi connectivity index (χ2v) is 7.54. The lowest BCUT2D eigenvalue weighted by atomic mass is 9.69. The first-order valence-electron chi connectivity index (χ1n) is 8.16. The Morgan fingerprint density at radius 2 is 1.95 bits per heavy atom. The maximum Gasteiger partial charge on any atom is 0.169 e. The van der Waals surface area contributed by atoms with Crippen LogP contribution >= 0.6 is 11.6 Å². The third-order valence-corrected chi connectivity index (χ3v) is 5.73. The van der Waals surface area contributed by atoms with Crippen LogP contribution in [-0.2, 0) is 11.3 Å². The number of nitrogens with zero attached hydrogens (tertiary/aromatic N) is 1. The van der Waals surface area contributed by atoms with Crippen molar-refractivity contribution >= 4 is 17.4 Å². The normalized spacial score (nSPS) is 26.0. The van der Waals surface area contributed by atoms with Crippen molar-refractivity contribution in [2.24, 2.45) is 5.92 Å². The van der Waals surface area contributed by atoms with E-state index in [-0.39, 0.29) is 11.9 Å². The molecule has 2 aliphatic rings. The quantitative estimate of drug-likeness (QED) is 0.810. The van der Waals surface area contributed by atoms with Crippen LogP contribution in [0.25, 0.3) is 0 Å². The van der Waals surface area contributed by atoms with Gasteiger partial charge in [0.2, 0.25) is 0 Å². The Morgan fingerprint density at radius 1 is 1.27 bits per heavy atom. The minimum Gasteiger partial charge on any atom is -0.296 e. The average molecular weight is 324 g/mol. The highest BCUT2D eigenvalue weighted by molar-refractivity contribution is 6.31. The summed E-state index contributed by atoms with van der Waals surface area (Å²) in [4.78, 5) is 14.8. The van der Waals surface area contributed by atoms with Gasteiger partial charge in [-0.2, -0.15) is 0 Å². The van der Waals surface area contributed by atoms with Gasteiger partial charge in [-0.1, -0.05) is 36.9 Å². The summed E-state index contributed by atoms with van der Waals surface area (Å²) in [5.41, 5.74) is 0.448. The minimum absolute atomic E-state index is 0.0106. The molecule has 0 N–H and O–H groups in total. The largest absolute Gasteiger partial charge is 0.296 e. The molecule has 1 unspecified atom stereocenters. The molecule has 0 bridgehead atoms. The summed E-state index contributed by atoms with van der Waals surface area (Å²) in [6, 6.07) is 4.53. The topological polar surface area (TPSA) is 20.3 Å². The van der Waals surface area contributed by atoms with Crippen molar-refractivity contribution in [3.63, 3.8) is 0 Å². The Morgan fingerprint density at radius 3 is 2.59 bits per heavy atom. The van der Waals surface area contributed by atoms with E-state index in [1.54, 1.807) is 6.07 Å². The summed E-state index contributed by atoms with van der Waals surface area (Å²) < 4.78 is 13.2. The lowest BCUT2D eigenvalue weighted by Crippen LogP contribution is -2.73. The van der Waals surface area contributed by atoms with Crippen LogP contribution in [0.3, 0.4) is 0 Å². The number of Topliss-reactive ketones (excluding diaryl/α,β-unsaturated/α-hetero) is 1. The van der Waals surface area contributed by atoms with Crippen LogP contribution in [0.15, 0.2) is 18.2 Å². The van der Waals surface area contributed by atoms with Gasteiger partial charge in [0.25, 0.3) is 0 Å². The third-order valence-electron chi connectivity index (χ3n) is 5.38. The molecule has 1 aromatic carbocycles. The van der Waals surface area contributed by atoms with Gasteiger partial charge in [0.15, 0.2) is 5.78 Å². The molecule has 0 aromatic heterocycles. The SMILES string of the molecule is CC1(C)C(=O)C(C2CCCCC2)N1Cc1ccc(F)cc1Cl. The number of hydrogen-bond donors (Lipinski definition) is 0. The van der Waals surface area contributed by atoms with E-state index in [0.29, 0.717) is 23.3 Å². The summed E-state index contributed by atoms with van der Waals surface area (Å²) in [6.07, 6.45) is 6.00. The number of hydrogen-bond acceptors (Lipinski definition) is 2.